The van der Waals surface area contributed by atoms with Crippen LogP contribution in [0, 0.1) is 0 Å². The van der Waals surface area contributed by atoms with Gasteiger partial charge in [-0.3, -0.25) is 33.6 Å². The Morgan fingerprint density at radius 1 is 0.667 bits per heavy atom. The van der Waals surface area contributed by atoms with Crippen LogP contribution in [-0.4, -0.2) is 116 Å². The summed E-state index contributed by atoms with van der Waals surface area (Å²) in [5, 5.41) is 0.559. The molecule has 0 amide bonds. The molecule has 0 unspecified atom stereocenters. The highest BCUT2D eigenvalue weighted by atomic mass is 16.8. The maximum absolute atomic E-state index is 12.8. The van der Waals surface area contributed by atoms with Gasteiger partial charge in [0.2, 0.25) is 12.4 Å². The molecule has 2 saturated heterocycles. The molecule has 20 heteroatoms. The number of esters is 8. The van der Waals surface area contributed by atoms with Gasteiger partial charge >= 0.3 is 47.8 Å². The summed E-state index contributed by atoms with van der Waals surface area (Å²) in [5.74, 6) is -6.83. The molecule has 3 aliphatic heterocycles. The highest BCUT2D eigenvalue weighted by Gasteiger charge is 2.54. The average Bonchev–Trinajstić information content (AvgIpc) is 3.47. The first-order chi connectivity index (χ1) is 26.9. The largest absolute Gasteiger partial charge is 0.460 e. The van der Waals surface area contributed by atoms with Crippen LogP contribution in [0.5, 0.6) is 11.5 Å². The van der Waals surface area contributed by atoms with Crippen LogP contribution in [0.4, 0.5) is 0 Å². The molecule has 0 saturated carbocycles. The first-order valence-corrected chi connectivity index (χ1v) is 17.5. The van der Waals surface area contributed by atoms with E-state index in [2.05, 4.69) is 0 Å². The Balaban J connectivity index is 1.56. The molecule has 0 bridgehead atoms. The lowest BCUT2D eigenvalue weighted by atomic mass is 9.97. The Morgan fingerprint density at radius 3 is 1.82 bits per heavy atom. The third-order valence-corrected chi connectivity index (χ3v) is 8.44. The molecule has 0 N–H and O–H groups in total. The second-order valence-electron chi connectivity index (χ2n) is 13.0. The highest BCUT2D eigenvalue weighted by molar-refractivity contribution is 6.07. The highest BCUT2D eigenvalue weighted by Crippen LogP contribution is 2.43. The van der Waals surface area contributed by atoms with Crippen LogP contribution in [0.15, 0.2) is 24.3 Å². The number of carbonyl (C=O) groups is 8. The summed E-state index contributed by atoms with van der Waals surface area (Å²) in [5.41, 5.74) is 0.419. The topological polar surface area (TPSA) is 247 Å². The quantitative estimate of drug-likeness (QED) is 0.167. The monoisotopic (exact) mass is 804 g/mol. The number of rotatable bonds is 12. The number of benzene rings is 2. The number of fused-ring (bicyclic) bond motifs is 2. The lowest BCUT2D eigenvalue weighted by Crippen LogP contribution is -2.64. The number of hydrogen-bond donors (Lipinski definition) is 0. The smallest absolute Gasteiger partial charge is 0.342 e. The van der Waals surface area contributed by atoms with E-state index >= 15 is 0 Å². The summed E-state index contributed by atoms with van der Waals surface area (Å²) in [6.07, 6.45) is -13.7. The Bertz CT molecular complexity index is 1940. The zero-order valence-corrected chi connectivity index (χ0v) is 31.8. The van der Waals surface area contributed by atoms with Crippen molar-refractivity contribution in [2.75, 3.05) is 13.2 Å². The van der Waals surface area contributed by atoms with E-state index in [1.807, 2.05) is 0 Å². The molecule has 3 aliphatic rings. The van der Waals surface area contributed by atoms with Crippen molar-refractivity contribution in [1.82, 2.24) is 0 Å². The van der Waals surface area contributed by atoms with Gasteiger partial charge in [-0.2, -0.15) is 0 Å². The second-order valence-corrected chi connectivity index (χ2v) is 13.0. The average molecular weight is 805 g/mol. The van der Waals surface area contributed by atoms with Gasteiger partial charge in [0.1, 0.15) is 24.0 Å². The van der Waals surface area contributed by atoms with E-state index < -0.39 is 116 Å². The molecule has 9 atom stereocenters. The predicted molar refractivity (Wildman–Crippen MR) is 183 cm³/mol. The van der Waals surface area contributed by atoms with Crippen molar-refractivity contribution in [3.8, 4) is 11.5 Å². The second kappa shape index (κ2) is 17.9. The summed E-state index contributed by atoms with van der Waals surface area (Å²) in [6, 6.07) is 6.30. The van der Waals surface area contributed by atoms with Crippen molar-refractivity contribution in [3.63, 3.8) is 0 Å². The maximum atomic E-state index is 12.8. The minimum absolute atomic E-state index is 0.0216. The van der Waals surface area contributed by atoms with Crippen LogP contribution in [0.2, 0.25) is 0 Å². The first kappa shape index (κ1) is 42.3. The normalized spacial score (nSPS) is 26.5. The number of cyclic esters (lactones) is 1. The van der Waals surface area contributed by atoms with Crippen LogP contribution in [0.25, 0.3) is 10.8 Å². The van der Waals surface area contributed by atoms with Crippen molar-refractivity contribution in [2.24, 2.45) is 0 Å². The zero-order chi connectivity index (χ0) is 41.7. The summed E-state index contributed by atoms with van der Waals surface area (Å²) in [4.78, 5) is 98.8. The van der Waals surface area contributed by atoms with Crippen LogP contribution in [0.1, 0.15) is 64.4 Å². The van der Waals surface area contributed by atoms with Gasteiger partial charge in [-0.25, -0.2) is 4.79 Å². The van der Waals surface area contributed by atoms with Crippen molar-refractivity contribution in [2.45, 2.75) is 110 Å². The molecule has 0 aliphatic carbocycles. The molecule has 2 fully saturated rings. The standard InChI is InChI=1S/C37H40O20/c1-15(38)49-25-13-47-36(33(54-20(6)43)30(25)51-17(3)40)48-14-26-29(50-16(2)39)32(53-19(5)42)34(55-21(7)44)37(57-26)56-24-10-8-9-22-11-23-12-46-35(45)28(23)31(27(22)24)52-18(4)41/h8-11,25-26,29-30,32-34,36-37H,12-14H2,1-7H3/t25-,26-,29-,30+,32+,33-,34-,36+,37-/m1/s1. The van der Waals surface area contributed by atoms with Gasteiger partial charge in [-0.05, 0) is 17.5 Å². The fourth-order valence-electron chi connectivity index (χ4n) is 6.59. The van der Waals surface area contributed by atoms with Crippen LogP contribution in [0.3, 0.4) is 0 Å². The van der Waals surface area contributed by atoms with Gasteiger partial charge in [0.15, 0.2) is 42.6 Å². The fraction of sp³-hybridized carbons (Fsp3) is 0.514. The van der Waals surface area contributed by atoms with E-state index in [-0.39, 0.29) is 29.1 Å². The van der Waals surface area contributed by atoms with Gasteiger partial charge in [0.05, 0.1) is 18.6 Å². The molecule has 0 spiro atoms. The minimum Gasteiger partial charge on any atom is -0.460 e. The Morgan fingerprint density at radius 2 is 1.23 bits per heavy atom. The summed E-state index contributed by atoms with van der Waals surface area (Å²) in [7, 11) is 0. The number of carbonyl (C=O) groups excluding carboxylic acids is 8. The van der Waals surface area contributed by atoms with Gasteiger partial charge < -0.3 is 56.8 Å². The molecule has 3 heterocycles. The van der Waals surface area contributed by atoms with Gasteiger partial charge in [0.25, 0.3) is 0 Å². The fourth-order valence-corrected chi connectivity index (χ4v) is 6.59. The molecule has 308 valence electrons. The van der Waals surface area contributed by atoms with Crippen LogP contribution < -0.4 is 9.47 Å². The zero-order valence-electron chi connectivity index (χ0n) is 31.8. The van der Waals surface area contributed by atoms with Crippen molar-refractivity contribution < 1.29 is 95.2 Å². The molecule has 2 aromatic carbocycles. The van der Waals surface area contributed by atoms with E-state index in [0.29, 0.717) is 10.9 Å². The van der Waals surface area contributed by atoms with E-state index in [1.165, 1.54) is 6.07 Å². The Kier molecular flexibility index (Phi) is 13.3. The predicted octanol–water partition coefficient (Wildman–Crippen LogP) is 1.50. The van der Waals surface area contributed by atoms with Crippen molar-refractivity contribution in [1.29, 1.82) is 0 Å². The molecule has 57 heavy (non-hydrogen) atoms. The summed E-state index contributed by atoms with van der Waals surface area (Å²) in [6.45, 7) is 6.47. The third kappa shape index (κ3) is 10.1. The van der Waals surface area contributed by atoms with Gasteiger partial charge in [0, 0.05) is 54.0 Å². The molecular weight excluding hydrogens is 764 g/mol. The van der Waals surface area contributed by atoms with Crippen LogP contribution >= 0.6 is 0 Å². The molecular formula is C37H40O20. The lowest BCUT2D eigenvalue weighted by Gasteiger charge is -2.45. The molecule has 2 aromatic rings. The van der Waals surface area contributed by atoms with E-state index in [9.17, 15) is 38.4 Å². The van der Waals surface area contributed by atoms with Crippen LogP contribution in [-0.2, 0) is 87.5 Å². The lowest BCUT2D eigenvalue weighted by molar-refractivity contribution is -0.313. The van der Waals surface area contributed by atoms with E-state index in [4.69, 9.17) is 56.8 Å². The molecule has 0 aromatic heterocycles. The maximum Gasteiger partial charge on any atom is 0.342 e. The van der Waals surface area contributed by atoms with Gasteiger partial charge in [-0.1, -0.05) is 12.1 Å². The summed E-state index contributed by atoms with van der Waals surface area (Å²) < 4.78 is 67.8. The molecule has 20 nitrogen and oxygen atoms in total. The minimum atomic E-state index is -1.71. The summed E-state index contributed by atoms with van der Waals surface area (Å²) >= 11 is 0. The van der Waals surface area contributed by atoms with Gasteiger partial charge in [-0.15, -0.1) is 0 Å². The number of ether oxygens (including phenoxy) is 12. The molecule has 5 rings (SSSR count). The third-order valence-electron chi connectivity index (χ3n) is 8.44. The van der Waals surface area contributed by atoms with Crippen molar-refractivity contribution >= 4 is 58.5 Å². The van der Waals surface area contributed by atoms with Crippen molar-refractivity contribution in [3.05, 3.63) is 35.4 Å². The number of hydrogen-bond acceptors (Lipinski definition) is 20. The molecule has 0 radical (unpaired) electrons. The van der Waals surface area contributed by atoms with E-state index in [0.717, 1.165) is 48.5 Å². The first-order valence-electron chi connectivity index (χ1n) is 17.5. The Hall–Kier alpha value is -5.86. The Labute approximate surface area is 324 Å². The SMILES string of the molecule is CC(=O)Oc1c2c(cc3cccc(O[C@@H]4O[C@H](CO[C@@H]5OC[C@@H](OC(C)=O)[C@H](OC(C)=O)[C@H]5OC(C)=O)[C@@H](OC(C)=O)[C@H](OC(C)=O)[C@H]4OC(C)=O)c13)COC2=O. The van der Waals surface area contributed by atoms with E-state index in [1.54, 1.807) is 18.2 Å².